The topological polar surface area (TPSA) is 96.9 Å². The van der Waals surface area contributed by atoms with Crippen molar-refractivity contribution >= 4 is 17.5 Å². The molecule has 2 rings (SSSR count). The number of benzene rings is 2. The van der Waals surface area contributed by atoms with E-state index in [9.17, 15) is 23.5 Å². The molecule has 0 fully saturated rings. The fourth-order valence-corrected chi connectivity index (χ4v) is 2.21. The molecular weight excluding hydrogens is 362 g/mol. The van der Waals surface area contributed by atoms with Crippen LogP contribution in [0.5, 0.6) is 11.5 Å². The molecule has 3 N–H and O–H groups in total. The van der Waals surface area contributed by atoms with Crippen LogP contribution in [0.1, 0.15) is 11.7 Å². The van der Waals surface area contributed by atoms with Crippen molar-refractivity contribution in [1.82, 2.24) is 5.32 Å². The van der Waals surface area contributed by atoms with Crippen LogP contribution in [-0.2, 0) is 9.59 Å². The van der Waals surface area contributed by atoms with E-state index in [1.54, 1.807) is 12.1 Å². The molecule has 0 aliphatic heterocycles. The highest BCUT2D eigenvalue weighted by atomic mass is 19.2. The largest absolute Gasteiger partial charge is 0.493 e. The maximum atomic E-state index is 13.1. The van der Waals surface area contributed by atoms with Crippen molar-refractivity contribution in [2.24, 2.45) is 0 Å². The van der Waals surface area contributed by atoms with Crippen LogP contribution in [0.4, 0.5) is 14.5 Å². The van der Waals surface area contributed by atoms with Crippen molar-refractivity contribution in [3.05, 3.63) is 53.6 Å². The molecule has 0 saturated heterocycles. The molecule has 9 heteroatoms. The first-order valence-corrected chi connectivity index (χ1v) is 7.80. The zero-order chi connectivity index (χ0) is 20.0. The smallest absolute Gasteiger partial charge is 0.313 e. The number of hydrogen-bond donors (Lipinski definition) is 3. The van der Waals surface area contributed by atoms with Gasteiger partial charge in [0.1, 0.15) is 0 Å². The predicted molar refractivity (Wildman–Crippen MR) is 92.5 cm³/mol. The van der Waals surface area contributed by atoms with Crippen LogP contribution in [0, 0.1) is 11.6 Å². The maximum Gasteiger partial charge on any atom is 0.313 e. The lowest BCUT2D eigenvalue weighted by molar-refractivity contribution is -0.136. The van der Waals surface area contributed by atoms with Crippen LogP contribution in [0.2, 0.25) is 0 Å². The molecule has 0 heterocycles. The molecule has 0 spiro atoms. The molecule has 144 valence electrons. The molecule has 1 atom stereocenters. The maximum absolute atomic E-state index is 13.1. The number of amides is 2. The number of ether oxygens (including phenoxy) is 2. The van der Waals surface area contributed by atoms with Crippen LogP contribution < -0.4 is 20.1 Å². The molecule has 0 bridgehead atoms. The minimum atomic E-state index is -1.16. The Labute approximate surface area is 153 Å². The Morgan fingerprint density at radius 1 is 1.00 bits per heavy atom. The number of hydrogen-bond acceptors (Lipinski definition) is 5. The van der Waals surface area contributed by atoms with E-state index in [1.165, 1.54) is 20.3 Å². The van der Waals surface area contributed by atoms with Crippen molar-refractivity contribution in [3.63, 3.8) is 0 Å². The zero-order valence-electron chi connectivity index (χ0n) is 14.6. The van der Waals surface area contributed by atoms with Gasteiger partial charge in [-0.25, -0.2) is 8.78 Å². The van der Waals surface area contributed by atoms with Gasteiger partial charge in [0, 0.05) is 18.3 Å². The Hall–Kier alpha value is -3.20. The molecule has 0 aliphatic carbocycles. The Bertz CT molecular complexity index is 844. The van der Waals surface area contributed by atoms with Crippen molar-refractivity contribution < 1.29 is 33.0 Å². The average Bonchev–Trinajstić information content (AvgIpc) is 2.67. The second-order valence-corrected chi connectivity index (χ2v) is 5.42. The Kier molecular flexibility index (Phi) is 6.67. The number of nitrogens with one attached hydrogen (secondary N) is 2. The van der Waals surface area contributed by atoms with Gasteiger partial charge < -0.3 is 25.2 Å². The van der Waals surface area contributed by atoms with E-state index in [0.29, 0.717) is 17.1 Å². The van der Waals surface area contributed by atoms with Crippen LogP contribution in [0.25, 0.3) is 0 Å². The molecule has 27 heavy (non-hydrogen) atoms. The number of halogens is 2. The number of anilines is 1. The summed E-state index contributed by atoms with van der Waals surface area (Å²) < 4.78 is 36.2. The molecule has 2 aromatic rings. The highest BCUT2D eigenvalue weighted by molar-refractivity contribution is 6.39. The standard InChI is InChI=1S/C18H18F2N2O5/c1-26-15-6-3-10(7-16(15)27-2)14(23)9-21-17(24)18(25)22-11-4-5-12(19)13(20)8-11/h3-8,14,23H,9H2,1-2H3,(H,21,24)(H,22,25)/t14-/m1/s1. The molecule has 2 amide bonds. The number of carbonyl (C=O) groups is 2. The summed E-state index contributed by atoms with van der Waals surface area (Å²) in [4.78, 5) is 23.6. The molecule has 0 radical (unpaired) electrons. The minimum Gasteiger partial charge on any atom is -0.493 e. The van der Waals surface area contributed by atoms with Crippen LogP contribution >= 0.6 is 0 Å². The van der Waals surface area contributed by atoms with Gasteiger partial charge in [0.05, 0.1) is 20.3 Å². The monoisotopic (exact) mass is 380 g/mol. The lowest BCUT2D eigenvalue weighted by Crippen LogP contribution is -2.37. The molecule has 7 nitrogen and oxygen atoms in total. The number of rotatable bonds is 6. The van der Waals surface area contributed by atoms with E-state index in [-0.39, 0.29) is 12.2 Å². The summed E-state index contributed by atoms with van der Waals surface area (Å²) in [6.45, 7) is -0.250. The number of aliphatic hydroxyl groups excluding tert-OH is 1. The fourth-order valence-electron chi connectivity index (χ4n) is 2.21. The van der Waals surface area contributed by atoms with E-state index >= 15 is 0 Å². The first-order chi connectivity index (χ1) is 12.8. The molecule has 0 aromatic heterocycles. The number of carbonyl (C=O) groups excluding carboxylic acids is 2. The zero-order valence-corrected chi connectivity index (χ0v) is 14.6. The summed E-state index contributed by atoms with van der Waals surface area (Å²) in [5, 5.41) is 14.5. The Balaban J connectivity index is 1.93. The van der Waals surface area contributed by atoms with E-state index < -0.39 is 29.6 Å². The van der Waals surface area contributed by atoms with Crippen LogP contribution in [-0.4, -0.2) is 37.7 Å². The normalized spacial score (nSPS) is 11.4. The summed E-state index contributed by atoms with van der Waals surface area (Å²) in [5.41, 5.74) is 0.364. The second-order valence-electron chi connectivity index (χ2n) is 5.42. The van der Waals surface area contributed by atoms with Gasteiger partial charge in [0.2, 0.25) is 0 Å². The molecule has 0 unspecified atom stereocenters. The summed E-state index contributed by atoms with van der Waals surface area (Å²) in [6.07, 6.45) is -1.11. The van der Waals surface area contributed by atoms with E-state index in [1.807, 2.05) is 0 Å². The average molecular weight is 380 g/mol. The van der Waals surface area contributed by atoms with Gasteiger partial charge >= 0.3 is 11.8 Å². The lowest BCUT2D eigenvalue weighted by atomic mass is 10.1. The minimum absolute atomic E-state index is 0.0745. The first-order valence-electron chi connectivity index (χ1n) is 7.80. The van der Waals surface area contributed by atoms with Gasteiger partial charge in [-0.3, -0.25) is 9.59 Å². The third kappa shape index (κ3) is 5.14. The number of aliphatic hydroxyl groups is 1. The summed E-state index contributed by atoms with van der Waals surface area (Å²) in [5.74, 6) is -3.48. The van der Waals surface area contributed by atoms with Crippen molar-refractivity contribution in [3.8, 4) is 11.5 Å². The van der Waals surface area contributed by atoms with E-state index in [4.69, 9.17) is 9.47 Å². The van der Waals surface area contributed by atoms with Gasteiger partial charge in [-0.05, 0) is 29.8 Å². The van der Waals surface area contributed by atoms with Gasteiger partial charge in [0.25, 0.3) is 0 Å². The lowest BCUT2D eigenvalue weighted by Gasteiger charge is -2.15. The Morgan fingerprint density at radius 2 is 1.70 bits per heavy atom. The van der Waals surface area contributed by atoms with Crippen LogP contribution in [0.15, 0.2) is 36.4 Å². The van der Waals surface area contributed by atoms with Crippen molar-refractivity contribution in [1.29, 1.82) is 0 Å². The summed E-state index contributed by atoms with van der Waals surface area (Å²) in [7, 11) is 2.91. The predicted octanol–water partition coefficient (Wildman–Crippen LogP) is 1.77. The van der Waals surface area contributed by atoms with Gasteiger partial charge in [-0.1, -0.05) is 6.07 Å². The molecule has 0 saturated carbocycles. The summed E-state index contributed by atoms with van der Waals surface area (Å²) >= 11 is 0. The van der Waals surface area contributed by atoms with Crippen LogP contribution in [0.3, 0.4) is 0 Å². The fraction of sp³-hybridized carbons (Fsp3) is 0.222. The quantitative estimate of drug-likeness (QED) is 0.664. The molecule has 2 aromatic carbocycles. The SMILES string of the molecule is COc1ccc([C@H](O)CNC(=O)C(=O)Nc2ccc(F)c(F)c2)cc1OC. The van der Waals surface area contributed by atoms with E-state index in [0.717, 1.165) is 18.2 Å². The molecular formula is C18H18F2N2O5. The molecule has 0 aliphatic rings. The van der Waals surface area contributed by atoms with Gasteiger partial charge in [-0.2, -0.15) is 0 Å². The third-order valence-corrected chi connectivity index (χ3v) is 3.63. The van der Waals surface area contributed by atoms with Gasteiger partial charge in [-0.15, -0.1) is 0 Å². The second kappa shape index (κ2) is 8.95. The van der Waals surface area contributed by atoms with Crippen molar-refractivity contribution in [2.75, 3.05) is 26.1 Å². The summed E-state index contributed by atoms with van der Waals surface area (Å²) in [6, 6.07) is 7.40. The highest BCUT2D eigenvalue weighted by Crippen LogP contribution is 2.29. The van der Waals surface area contributed by atoms with E-state index in [2.05, 4.69) is 10.6 Å². The first kappa shape index (κ1) is 20.1. The Morgan fingerprint density at radius 3 is 2.33 bits per heavy atom. The number of methoxy groups -OCH3 is 2. The van der Waals surface area contributed by atoms with Gasteiger partial charge in [0.15, 0.2) is 23.1 Å². The van der Waals surface area contributed by atoms with Crippen molar-refractivity contribution in [2.45, 2.75) is 6.10 Å². The highest BCUT2D eigenvalue weighted by Gasteiger charge is 2.17. The third-order valence-electron chi connectivity index (χ3n) is 3.63.